The predicted molar refractivity (Wildman–Crippen MR) is 40.6 cm³/mol. The third-order valence-corrected chi connectivity index (χ3v) is 1.12. The molecule has 0 bridgehead atoms. The molecule has 0 heterocycles. The van der Waals surface area contributed by atoms with Crippen molar-refractivity contribution in [2.24, 2.45) is 5.73 Å². The van der Waals surface area contributed by atoms with Crippen molar-refractivity contribution in [1.82, 2.24) is 0 Å². The normalized spacial score (nSPS) is 13.6. The number of carboxylic acids is 1. The summed E-state index contributed by atoms with van der Waals surface area (Å²) in [7, 11) is 0. The summed E-state index contributed by atoms with van der Waals surface area (Å²) < 4.78 is 0. The zero-order valence-corrected chi connectivity index (χ0v) is 6.67. The molecule has 2 atom stereocenters. The molecule has 12 heavy (non-hydrogen) atoms. The molecule has 0 unspecified atom stereocenters. The lowest BCUT2D eigenvalue weighted by Crippen LogP contribution is -2.41. The van der Waals surface area contributed by atoms with Crippen LogP contribution in [0.4, 0.5) is 0 Å². The van der Waals surface area contributed by atoms with Gasteiger partial charge >= 0.3 is 5.97 Å². The molecule has 0 amide bonds. The second-order valence-corrected chi connectivity index (χ2v) is 1.95. The maximum absolute atomic E-state index is 10.0. The van der Waals surface area contributed by atoms with Crippen LogP contribution < -0.4 is 5.73 Å². The standard InChI is InChI=1S/C5H11NO3.CH2O2/c1-2-3(7)4(6)5(8)9;2-1-3/h3-4,7H,2,6H2,1H3,(H,8,9);1H,(H,2,3)/t3-,4+;/m1./s1. The van der Waals surface area contributed by atoms with Crippen molar-refractivity contribution in [3.05, 3.63) is 0 Å². The van der Waals surface area contributed by atoms with E-state index in [-0.39, 0.29) is 6.47 Å². The van der Waals surface area contributed by atoms with Gasteiger partial charge in [-0.25, -0.2) is 0 Å². The monoisotopic (exact) mass is 179 g/mol. The Bertz CT molecular complexity index is 138. The van der Waals surface area contributed by atoms with Crippen molar-refractivity contribution in [3.8, 4) is 0 Å². The van der Waals surface area contributed by atoms with Gasteiger partial charge in [-0.2, -0.15) is 0 Å². The second kappa shape index (κ2) is 7.96. The zero-order chi connectivity index (χ0) is 10.1. The van der Waals surface area contributed by atoms with Crippen LogP contribution in [0.25, 0.3) is 0 Å². The molecule has 0 aliphatic heterocycles. The van der Waals surface area contributed by atoms with Gasteiger partial charge in [-0.15, -0.1) is 0 Å². The first-order chi connectivity index (χ1) is 5.51. The van der Waals surface area contributed by atoms with Gasteiger partial charge in [0.1, 0.15) is 6.04 Å². The Morgan fingerprint density at radius 3 is 2.08 bits per heavy atom. The van der Waals surface area contributed by atoms with Crippen molar-refractivity contribution in [2.75, 3.05) is 0 Å². The van der Waals surface area contributed by atoms with Crippen molar-refractivity contribution in [2.45, 2.75) is 25.5 Å². The topological polar surface area (TPSA) is 121 Å². The van der Waals surface area contributed by atoms with Crippen molar-refractivity contribution < 1.29 is 24.9 Å². The number of aliphatic hydroxyl groups excluding tert-OH is 1. The van der Waals surface area contributed by atoms with E-state index in [1.807, 2.05) is 0 Å². The highest BCUT2D eigenvalue weighted by atomic mass is 16.4. The fourth-order valence-electron chi connectivity index (χ4n) is 0.419. The Morgan fingerprint density at radius 1 is 1.67 bits per heavy atom. The van der Waals surface area contributed by atoms with E-state index in [4.69, 9.17) is 25.8 Å². The number of carbonyl (C=O) groups is 2. The fourth-order valence-corrected chi connectivity index (χ4v) is 0.419. The van der Waals surface area contributed by atoms with Crippen LogP contribution in [0.15, 0.2) is 0 Å². The number of carboxylic acid groups (broad SMARTS) is 2. The molecular formula is C6H13NO5. The lowest BCUT2D eigenvalue weighted by molar-refractivity contribution is -0.141. The molecule has 0 radical (unpaired) electrons. The first kappa shape index (κ1) is 13.4. The molecule has 0 aromatic heterocycles. The average molecular weight is 179 g/mol. The molecule has 0 fully saturated rings. The largest absolute Gasteiger partial charge is 0.483 e. The summed E-state index contributed by atoms with van der Waals surface area (Å²) >= 11 is 0. The third-order valence-electron chi connectivity index (χ3n) is 1.12. The molecule has 0 aliphatic carbocycles. The maximum Gasteiger partial charge on any atom is 0.323 e. The van der Waals surface area contributed by atoms with E-state index in [9.17, 15) is 4.79 Å². The molecule has 0 rings (SSSR count). The van der Waals surface area contributed by atoms with Gasteiger partial charge in [0.2, 0.25) is 0 Å². The zero-order valence-electron chi connectivity index (χ0n) is 6.67. The minimum absolute atomic E-state index is 0.250. The average Bonchev–Trinajstić information content (AvgIpc) is 2.03. The number of hydrogen-bond donors (Lipinski definition) is 4. The molecule has 0 aromatic carbocycles. The molecular weight excluding hydrogens is 166 g/mol. The summed E-state index contributed by atoms with van der Waals surface area (Å²) in [6.45, 7) is 1.42. The van der Waals surface area contributed by atoms with Crippen LogP contribution in [0.5, 0.6) is 0 Å². The summed E-state index contributed by atoms with van der Waals surface area (Å²) in [5.41, 5.74) is 5.02. The summed E-state index contributed by atoms with van der Waals surface area (Å²) in [5.74, 6) is -1.16. The van der Waals surface area contributed by atoms with Gasteiger partial charge in [0, 0.05) is 0 Å². The Kier molecular flexibility index (Phi) is 8.92. The summed E-state index contributed by atoms with van der Waals surface area (Å²) in [6.07, 6.45) is -0.560. The quantitative estimate of drug-likeness (QED) is 0.407. The van der Waals surface area contributed by atoms with Crippen LogP contribution in [-0.2, 0) is 9.59 Å². The van der Waals surface area contributed by atoms with Gasteiger partial charge in [-0.05, 0) is 6.42 Å². The molecule has 0 aromatic rings. The van der Waals surface area contributed by atoms with Gasteiger partial charge in [-0.3, -0.25) is 9.59 Å². The lowest BCUT2D eigenvalue weighted by Gasteiger charge is -2.10. The van der Waals surface area contributed by atoms with E-state index in [0.717, 1.165) is 0 Å². The molecule has 0 saturated carbocycles. The Labute approximate surface area is 69.6 Å². The van der Waals surface area contributed by atoms with Crippen LogP contribution in [0.2, 0.25) is 0 Å². The van der Waals surface area contributed by atoms with Gasteiger partial charge < -0.3 is 21.1 Å². The van der Waals surface area contributed by atoms with Crippen molar-refractivity contribution >= 4 is 12.4 Å². The molecule has 0 saturated heterocycles. The smallest absolute Gasteiger partial charge is 0.323 e. The lowest BCUT2D eigenvalue weighted by atomic mass is 10.1. The highest BCUT2D eigenvalue weighted by Crippen LogP contribution is 1.94. The highest BCUT2D eigenvalue weighted by molar-refractivity contribution is 5.73. The Morgan fingerprint density at radius 2 is 2.00 bits per heavy atom. The Hall–Kier alpha value is -1.14. The van der Waals surface area contributed by atoms with E-state index in [1.54, 1.807) is 6.92 Å². The molecule has 0 aliphatic rings. The highest BCUT2D eigenvalue weighted by Gasteiger charge is 2.19. The molecule has 6 heteroatoms. The summed E-state index contributed by atoms with van der Waals surface area (Å²) in [6, 6.07) is -1.14. The van der Waals surface area contributed by atoms with Crippen LogP contribution in [0.1, 0.15) is 13.3 Å². The van der Waals surface area contributed by atoms with Crippen molar-refractivity contribution in [3.63, 3.8) is 0 Å². The summed E-state index contributed by atoms with van der Waals surface area (Å²) in [4.78, 5) is 18.4. The van der Waals surface area contributed by atoms with Crippen molar-refractivity contribution in [1.29, 1.82) is 0 Å². The first-order valence-electron chi connectivity index (χ1n) is 3.25. The number of rotatable bonds is 3. The number of aliphatic carboxylic acids is 1. The van der Waals surface area contributed by atoms with E-state index in [0.29, 0.717) is 6.42 Å². The Balaban J connectivity index is 0. The molecule has 5 N–H and O–H groups in total. The van der Waals surface area contributed by atoms with Gasteiger partial charge in [-0.1, -0.05) is 6.92 Å². The van der Waals surface area contributed by atoms with Gasteiger partial charge in [0.15, 0.2) is 0 Å². The fraction of sp³-hybridized carbons (Fsp3) is 0.667. The van der Waals surface area contributed by atoms with Gasteiger partial charge in [0.05, 0.1) is 6.10 Å². The van der Waals surface area contributed by atoms with Crippen LogP contribution in [0, 0.1) is 0 Å². The van der Waals surface area contributed by atoms with E-state index in [1.165, 1.54) is 0 Å². The van der Waals surface area contributed by atoms with Crippen LogP contribution in [0.3, 0.4) is 0 Å². The minimum atomic E-state index is -1.16. The second-order valence-electron chi connectivity index (χ2n) is 1.95. The molecule has 72 valence electrons. The third kappa shape index (κ3) is 6.97. The maximum atomic E-state index is 10.0. The van der Waals surface area contributed by atoms with E-state index < -0.39 is 18.1 Å². The number of nitrogens with two attached hydrogens (primary N) is 1. The van der Waals surface area contributed by atoms with E-state index >= 15 is 0 Å². The van der Waals surface area contributed by atoms with Gasteiger partial charge in [0.25, 0.3) is 6.47 Å². The number of aliphatic hydroxyl groups is 1. The molecule has 6 nitrogen and oxygen atoms in total. The predicted octanol–water partition coefficient (Wildman–Crippen LogP) is -1.13. The number of hydrogen-bond acceptors (Lipinski definition) is 4. The minimum Gasteiger partial charge on any atom is -0.483 e. The van der Waals surface area contributed by atoms with Crippen LogP contribution in [-0.4, -0.2) is 39.9 Å². The van der Waals surface area contributed by atoms with E-state index in [2.05, 4.69) is 0 Å². The molecule has 0 spiro atoms. The SMILES string of the molecule is CC[C@@H](O)[C@H](N)C(=O)O.O=CO. The van der Waals surface area contributed by atoms with Crippen LogP contribution >= 0.6 is 0 Å². The summed E-state index contributed by atoms with van der Waals surface area (Å²) in [5, 5.41) is 23.9. The first-order valence-corrected chi connectivity index (χ1v) is 3.25.